The van der Waals surface area contributed by atoms with E-state index >= 15 is 0 Å². The highest BCUT2D eigenvalue weighted by atomic mass is 16.5. The van der Waals surface area contributed by atoms with Crippen LogP contribution in [0.4, 0.5) is 0 Å². The molecule has 1 N–H and O–H groups in total. The molecule has 0 aromatic heterocycles. The Morgan fingerprint density at radius 3 is 2.31 bits per heavy atom. The zero-order valence-corrected chi connectivity index (χ0v) is 20.0. The van der Waals surface area contributed by atoms with Crippen molar-refractivity contribution in [3.8, 4) is 17.2 Å². The summed E-state index contributed by atoms with van der Waals surface area (Å²) >= 11 is 0. The Morgan fingerprint density at radius 1 is 1.09 bits per heavy atom. The van der Waals surface area contributed by atoms with E-state index < -0.39 is 17.8 Å². The predicted molar refractivity (Wildman–Crippen MR) is 121 cm³/mol. The van der Waals surface area contributed by atoms with Gasteiger partial charge in [0.1, 0.15) is 5.92 Å². The molecule has 1 aliphatic heterocycles. The van der Waals surface area contributed by atoms with Gasteiger partial charge in [0.2, 0.25) is 5.75 Å². The lowest BCUT2D eigenvalue weighted by Crippen LogP contribution is -2.44. The molecule has 3 rings (SSSR count). The minimum atomic E-state index is -0.798. The molecule has 1 aliphatic carbocycles. The number of nitrogens with one attached hydrogen (secondary N) is 1. The molecule has 32 heavy (non-hydrogen) atoms. The first-order valence-electron chi connectivity index (χ1n) is 10.8. The molecule has 0 radical (unpaired) electrons. The van der Waals surface area contributed by atoms with E-state index in [0.29, 0.717) is 46.9 Å². The van der Waals surface area contributed by atoms with E-state index in [1.165, 1.54) is 14.2 Å². The van der Waals surface area contributed by atoms with Gasteiger partial charge in [0.15, 0.2) is 17.3 Å². The van der Waals surface area contributed by atoms with Crippen molar-refractivity contribution in [1.29, 1.82) is 0 Å². The maximum Gasteiger partial charge on any atom is 0.316 e. The van der Waals surface area contributed by atoms with Crippen LogP contribution in [0.15, 0.2) is 35.7 Å². The van der Waals surface area contributed by atoms with Crippen molar-refractivity contribution in [3.05, 3.63) is 41.2 Å². The molecule has 7 nitrogen and oxygen atoms in total. The number of ketones is 1. The first kappa shape index (κ1) is 23.7. The molecule has 174 valence electrons. The molecule has 0 amide bonds. The van der Waals surface area contributed by atoms with Gasteiger partial charge < -0.3 is 24.3 Å². The van der Waals surface area contributed by atoms with Crippen molar-refractivity contribution in [1.82, 2.24) is 5.32 Å². The van der Waals surface area contributed by atoms with E-state index in [-0.39, 0.29) is 17.3 Å². The third-order valence-electron chi connectivity index (χ3n) is 5.93. The minimum Gasteiger partial charge on any atom is -0.493 e. The Morgan fingerprint density at radius 2 is 1.75 bits per heavy atom. The third-order valence-corrected chi connectivity index (χ3v) is 5.93. The number of hydrogen-bond acceptors (Lipinski definition) is 7. The standard InChI is InChI=1S/C25H33NO6/c1-13(2)32-24(28)19-14(3)26-16-11-25(4,5)12-17(27)21(16)20(19)15-9-10-18(29-6)23(31-8)22(15)30-7/h9-10,13,19-20,26H,3,11-12H2,1-2,4-8H3. The van der Waals surface area contributed by atoms with Gasteiger partial charge in [0, 0.05) is 34.9 Å². The van der Waals surface area contributed by atoms with E-state index in [4.69, 9.17) is 18.9 Å². The normalized spacial score (nSPS) is 22.2. The average molecular weight is 444 g/mol. The number of esters is 1. The van der Waals surface area contributed by atoms with E-state index in [2.05, 4.69) is 25.7 Å². The lowest BCUT2D eigenvalue weighted by molar-refractivity contribution is -0.151. The molecule has 1 aromatic carbocycles. The average Bonchev–Trinajstić information content (AvgIpc) is 2.69. The zero-order chi connectivity index (χ0) is 23.8. The van der Waals surface area contributed by atoms with Gasteiger partial charge in [-0.15, -0.1) is 0 Å². The van der Waals surface area contributed by atoms with Gasteiger partial charge in [-0.3, -0.25) is 9.59 Å². The van der Waals surface area contributed by atoms with Gasteiger partial charge in [0.25, 0.3) is 0 Å². The second-order valence-corrected chi connectivity index (χ2v) is 9.35. The van der Waals surface area contributed by atoms with Crippen molar-refractivity contribution >= 4 is 11.8 Å². The van der Waals surface area contributed by atoms with Crippen LogP contribution < -0.4 is 19.5 Å². The van der Waals surface area contributed by atoms with Gasteiger partial charge in [0.05, 0.1) is 27.4 Å². The van der Waals surface area contributed by atoms with Crippen molar-refractivity contribution in [2.24, 2.45) is 11.3 Å². The molecule has 2 aliphatic rings. The number of rotatable bonds is 6. The summed E-state index contributed by atoms with van der Waals surface area (Å²) in [5.74, 6) is -0.551. The Kier molecular flexibility index (Phi) is 6.58. The van der Waals surface area contributed by atoms with Crippen LogP contribution in [0.2, 0.25) is 0 Å². The monoisotopic (exact) mass is 443 g/mol. The van der Waals surface area contributed by atoms with Crippen LogP contribution >= 0.6 is 0 Å². The molecular formula is C25H33NO6. The first-order valence-corrected chi connectivity index (χ1v) is 10.8. The molecule has 2 atom stereocenters. The number of ether oxygens (including phenoxy) is 4. The van der Waals surface area contributed by atoms with Gasteiger partial charge in [-0.1, -0.05) is 26.5 Å². The zero-order valence-electron chi connectivity index (χ0n) is 20.0. The van der Waals surface area contributed by atoms with Crippen LogP contribution in [0.25, 0.3) is 0 Å². The number of methoxy groups -OCH3 is 3. The Labute approximate surface area is 189 Å². The highest BCUT2D eigenvalue weighted by Gasteiger charge is 2.48. The summed E-state index contributed by atoms with van der Waals surface area (Å²) in [6, 6.07) is 3.57. The summed E-state index contributed by atoms with van der Waals surface area (Å²) in [7, 11) is 4.59. The molecular weight excluding hydrogens is 410 g/mol. The van der Waals surface area contributed by atoms with E-state index in [9.17, 15) is 9.59 Å². The fourth-order valence-electron chi connectivity index (χ4n) is 4.73. The minimum absolute atomic E-state index is 0.000403. The molecule has 0 saturated carbocycles. The van der Waals surface area contributed by atoms with E-state index in [1.54, 1.807) is 27.0 Å². The van der Waals surface area contributed by atoms with Gasteiger partial charge >= 0.3 is 5.97 Å². The van der Waals surface area contributed by atoms with Crippen LogP contribution in [0, 0.1) is 11.3 Å². The lowest BCUT2D eigenvalue weighted by Gasteiger charge is -2.42. The fraction of sp³-hybridized carbons (Fsp3) is 0.520. The van der Waals surface area contributed by atoms with Crippen LogP contribution in [0.5, 0.6) is 17.2 Å². The number of carbonyl (C=O) groups excluding carboxylic acids is 2. The molecule has 0 fully saturated rings. The van der Waals surface area contributed by atoms with Crippen LogP contribution in [0.1, 0.15) is 52.0 Å². The second kappa shape index (κ2) is 8.88. The molecule has 2 unspecified atom stereocenters. The van der Waals surface area contributed by atoms with Crippen LogP contribution in [0.3, 0.4) is 0 Å². The summed E-state index contributed by atoms with van der Waals surface area (Å²) in [6.07, 6.45) is 0.753. The summed E-state index contributed by atoms with van der Waals surface area (Å²) < 4.78 is 22.3. The Hall–Kier alpha value is -2.96. The van der Waals surface area contributed by atoms with E-state index in [0.717, 1.165) is 5.70 Å². The summed E-state index contributed by atoms with van der Waals surface area (Å²) in [5, 5.41) is 3.26. The predicted octanol–water partition coefficient (Wildman–Crippen LogP) is 4.12. The third kappa shape index (κ3) is 4.20. The molecule has 0 bridgehead atoms. The van der Waals surface area contributed by atoms with Crippen LogP contribution in [-0.2, 0) is 14.3 Å². The first-order chi connectivity index (χ1) is 15.0. The topological polar surface area (TPSA) is 83.1 Å². The molecule has 7 heteroatoms. The van der Waals surface area contributed by atoms with Crippen molar-refractivity contribution in [2.75, 3.05) is 21.3 Å². The van der Waals surface area contributed by atoms with Crippen molar-refractivity contribution in [3.63, 3.8) is 0 Å². The second-order valence-electron chi connectivity index (χ2n) is 9.35. The van der Waals surface area contributed by atoms with Gasteiger partial charge in [-0.05, 0) is 31.7 Å². The number of benzene rings is 1. The summed E-state index contributed by atoms with van der Waals surface area (Å²) in [6.45, 7) is 11.8. The van der Waals surface area contributed by atoms with E-state index in [1.807, 2.05) is 6.07 Å². The number of carbonyl (C=O) groups is 2. The summed E-state index contributed by atoms with van der Waals surface area (Å²) in [5.41, 5.74) is 2.33. The SMILES string of the molecule is C=C1NC2=C(C(=O)CC(C)(C)C2)C(c2ccc(OC)c(OC)c2OC)C1C(=O)OC(C)C. The number of allylic oxidation sites excluding steroid dienone is 2. The van der Waals surface area contributed by atoms with Crippen molar-refractivity contribution in [2.45, 2.75) is 52.6 Å². The quantitative estimate of drug-likeness (QED) is 0.662. The highest BCUT2D eigenvalue weighted by Crippen LogP contribution is 2.52. The maximum absolute atomic E-state index is 13.4. The van der Waals surface area contributed by atoms with Crippen molar-refractivity contribution < 1.29 is 28.5 Å². The Bertz CT molecular complexity index is 975. The maximum atomic E-state index is 13.4. The number of Topliss-reactive ketones (excluding diaryl/α,β-unsaturated/α-hetero) is 1. The molecule has 1 aromatic rings. The van der Waals surface area contributed by atoms with Crippen LogP contribution in [-0.4, -0.2) is 39.2 Å². The molecule has 0 spiro atoms. The Balaban J connectivity index is 2.28. The lowest BCUT2D eigenvalue weighted by atomic mass is 9.66. The molecule has 0 saturated heterocycles. The number of hydrogen-bond donors (Lipinski definition) is 1. The van der Waals surface area contributed by atoms with Gasteiger partial charge in [-0.25, -0.2) is 0 Å². The summed E-state index contributed by atoms with van der Waals surface area (Å²) in [4.78, 5) is 26.7. The highest BCUT2D eigenvalue weighted by molar-refractivity contribution is 6.01. The van der Waals surface area contributed by atoms with Gasteiger partial charge in [-0.2, -0.15) is 0 Å². The smallest absolute Gasteiger partial charge is 0.316 e. The largest absolute Gasteiger partial charge is 0.493 e. The molecule has 1 heterocycles. The fourth-order valence-corrected chi connectivity index (χ4v) is 4.73.